The molecule has 3 unspecified atom stereocenters. The van der Waals surface area contributed by atoms with Gasteiger partial charge in [-0.15, -0.1) is 0 Å². The van der Waals surface area contributed by atoms with Crippen molar-refractivity contribution in [2.75, 3.05) is 6.61 Å². The van der Waals surface area contributed by atoms with E-state index in [1.807, 2.05) is 49.4 Å². The molecule has 10 heteroatoms. The molecule has 0 aliphatic rings. The molecule has 0 fully saturated rings. The van der Waals surface area contributed by atoms with Crippen LogP contribution >= 0.6 is 0 Å². The van der Waals surface area contributed by atoms with Gasteiger partial charge >= 0.3 is 12.1 Å². The maximum Gasteiger partial charge on any atom is 0.408 e. The number of ether oxygens (including phenoxy) is 2. The Bertz CT molecular complexity index is 1250. The summed E-state index contributed by atoms with van der Waals surface area (Å²) in [6.07, 6.45) is 0.0569. The standard InChI is InChI=1S/C34H49N3O7/c1-10-23-16-18-25(19-17-23)28(37(22(2)3)30(40)27(21-38)36-32(42)44-34(7,8)9)29(39)35-26(31(41)43-33(4,5)6)20-24-14-12-11-13-15-24/h11-19,22,26-28,38H,10,20-21H2,1-9H3,(H,35,39)(H,36,42). The van der Waals surface area contributed by atoms with Crippen molar-refractivity contribution in [2.45, 2.75) is 111 Å². The van der Waals surface area contributed by atoms with Crippen LogP contribution in [-0.4, -0.2) is 69.8 Å². The Morgan fingerprint density at radius 3 is 1.84 bits per heavy atom. The number of hydrogen-bond acceptors (Lipinski definition) is 7. The second-order valence-corrected chi connectivity index (χ2v) is 13.0. The second kappa shape index (κ2) is 15.7. The van der Waals surface area contributed by atoms with E-state index >= 15 is 0 Å². The predicted octanol–water partition coefficient (Wildman–Crippen LogP) is 4.48. The van der Waals surface area contributed by atoms with Crippen LogP contribution in [0.15, 0.2) is 54.6 Å². The third kappa shape index (κ3) is 11.3. The van der Waals surface area contributed by atoms with Crippen LogP contribution in [0.2, 0.25) is 0 Å². The molecule has 2 rings (SSSR count). The van der Waals surface area contributed by atoms with Gasteiger partial charge in [0, 0.05) is 12.5 Å². The molecule has 0 aliphatic carbocycles. The molecule has 2 aromatic rings. The zero-order chi connectivity index (χ0) is 33.2. The van der Waals surface area contributed by atoms with Crippen LogP contribution in [0.4, 0.5) is 4.79 Å². The fraction of sp³-hybridized carbons (Fsp3) is 0.529. The van der Waals surface area contributed by atoms with E-state index in [0.29, 0.717) is 5.56 Å². The smallest absolute Gasteiger partial charge is 0.408 e. The third-order valence-corrected chi connectivity index (χ3v) is 6.50. The summed E-state index contributed by atoms with van der Waals surface area (Å²) in [7, 11) is 0. The number of esters is 1. The van der Waals surface area contributed by atoms with E-state index in [-0.39, 0.29) is 6.42 Å². The van der Waals surface area contributed by atoms with Crippen LogP contribution in [0.3, 0.4) is 0 Å². The van der Waals surface area contributed by atoms with E-state index in [1.54, 1.807) is 67.5 Å². The summed E-state index contributed by atoms with van der Waals surface area (Å²) in [4.78, 5) is 55.4. The van der Waals surface area contributed by atoms with Gasteiger partial charge in [-0.3, -0.25) is 9.59 Å². The average molecular weight is 612 g/mol. The van der Waals surface area contributed by atoms with Crippen LogP contribution in [0.25, 0.3) is 0 Å². The van der Waals surface area contributed by atoms with Crippen molar-refractivity contribution in [1.29, 1.82) is 0 Å². The van der Waals surface area contributed by atoms with Gasteiger partial charge < -0.3 is 30.1 Å². The number of aliphatic hydroxyl groups is 1. The lowest BCUT2D eigenvalue weighted by Gasteiger charge is -2.37. The number of hydrogen-bond donors (Lipinski definition) is 3. The highest BCUT2D eigenvalue weighted by molar-refractivity contribution is 5.94. The Hall–Kier alpha value is -3.92. The van der Waals surface area contributed by atoms with Crippen LogP contribution < -0.4 is 10.6 Å². The molecule has 0 spiro atoms. The van der Waals surface area contributed by atoms with Crippen molar-refractivity contribution >= 4 is 23.9 Å². The number of carbonyl (C=O) groups excluding carboxylic acids is 4. The minimum Gasteiger partial charge on any atom is -0.458 e. The van der Waals surface area contributed by atoms with Gasteiger partial charge in [0.1, 0.15) is 29.3 Å². The molecule has 0 heterocycles. The van der Waals surface area contributed by atoms with Gasteiger partial charge in [-0.2, -0.15) is 0 Å². The first-order valence-corrected chi connectivity index (χ1v) is 15.0. The number of amides is 3. The van der Waals surface area contributed by atoms with Crippen molar-refractivity contribution in [2.24, 2.45) is 0 Å². The Balaban J connectivity index is 2.55. The number of nitrogens with zero attached hydrogens (tertiary/aromatic N) is 1. The highest BCUT2D eigenvalue weighted by atomic mass is 16.6. The molecule has 44 heavy (non-hydrogen) atoms. The first kappa shape index (κ1) is 36.3. The van der Waals surface area contributed by atoms with Gasteiger partial charge in [0.2, 0.25) is 11.8 Å². The molecule has 0 saturated carbocycles. The Morgan fingerprint density at radius 2 is 1.36 bits per heavy atom. The number of benzene rings is 2. The molecule has 0 bridgehead atoms. The van der Waals surface area contributed by atoms with Crippen molar-refractivity contribution in [3.05, 3.63) is 71.3 Å². The molecule has 0 aliphatic heterocycles. The van der Waals surface area contributed by atoms with E-state index in [9.17, 15) is 24.3 Å². The van der Waals surface area contributed by atoms with Gasteiger partial charge in [0.15, 0.2) is 0 Å². The van der Waals surface area contributed by atoms with Crippen molar-refractivity contribution in [3.63, 3.8) is 0 Å². The highest BCUT2D eigenvalue weighted by Gasteiger charge is 2.39. The monoisotopic (exact) mass is 611 g/mol. The summed E-state index contributed by atoms with van der Waals surface area (Å²) in [5.74, 6) is -1.92. The quantitative estimate of drug-likeness (QED) is 0.301. The van der Waals surface area contributed by atoms with Crippen LogP contribution in [0.1, 0.15) is 85.0 Å². The fourth-order valence-electron chi connectivity index (χ4n) is 4.54. The Labute approximate surface area is 261 Å². The highest BCUT2D eigenvalue weighted by Crippen LogP contribution is 2.26. The molecule has 3 N–H and O–H groups in total. The first-order valence-electron chi connectivity index (χ1n) is 15.0. The second-order valence-electron chi connectivity index (χ2n) is 13.0. The number of carbonyl (C=O) groups is 4. The summed E-state index contributed by atoms with van der Waals surface area (Å²) >= 11 is 0. The molecule has 3 amide bonds. The number of aryl methyl sites for hydroxylation is 1. The van der Waals surface area contributed by atoms with Gasteiger partial charge in [0.25, 0.3) is 0 Å². The van der Waals surface area contributed by atoms with E-state index in [2.05, 4.69) is 10.6 Å². The fourth-order valence-corrected chi connectivity index (χ4v) is 4.54. The SMILES string of the molecule is CCc1ccc(C(C(=O)NC(Cc2ccccc2)C(=O)OC(C)(C)C)N(C(=O)C(CO)NC(=O)OC(C)(C)C)C(C)C)cc1. The van der Waals surface area contributed by atoms with E-state index in [0.717, 1.165) is 17.5 Å². The predicted molar refractivity (Wildman–Crippen MR) is 169 cm³/mol. The first-order chi connectivity index (χ1) is 20.5. The third-order valence-electron chi connectivity index (χ3n) is 6.50. The van der Waals surface area contributed by atoms with Crippen LogP contribution in [0, 0.1) is 0 Å². The van der Waals surface area contributed by atoms with Crippen molar-refractivity contribution in [3.8, 4) is 0 Å². The molecule has 242 valence electrons. The lowest BCUT2D eigenvalue weighted by molar-refractivity contribution is -0.159. The van der Waals surface area contributed by atoms with Crippen molar-refractivity contribution in [1.82, 2.24) is 15.5 Å². The minimum atomic E-state index is -1.39. The molecule has 0 saturated heterocycles. The largest absolute Gasteiger partial charge is 0.458 e. The van der Waals surface area contributed by atoms with E-state index < -0.39 is 65.9 Å². The maximum absolute atomic E-state index is 14.3. The maximum atomic E-state index is 14.3. The minimum absolute atomic E-state index is 0.165. The van der Waals surface area contributed by atoms with Crippen molar-refractivity contribution < 1.29 is 33.8 Å². The summed E-state index contributed by atoms with van der Waals surface area (Å²) in [5, 5.41) is 15.4. The molecule has 0 aromatic heterocycles. The number of alkyl carbamates (subject to hydrolysis) is 1. The normalized spacial score (nSPS) is 13.8. The summed E-state index contributed by atoms with van der Waals surface area (Å²) in [5.41, 5.74) is 0.716. The average Bonchev–Trinajstić information content (AvgIpc) is 2.92. The molecule has 3 atom stereocenters. The van der Waals surface area contributed by atoms with Gasteiger partial charge in [-0.1, -0.05) is 61.5 Å². The van der Waals surface area contributed by atoms with E-state index in [1.165, 1.54) is 4.90 Å². The summed E-state index contributed by atoms with van der Waals surface area (Å²) in [6.45, 7) is 15.0. The summed E-state index contributed by atoms with van der Waals surface area (Å²) in [6, 6.07) is 12.3. The number of nitrogens with one attached hydrogen (secondary N) is 2. The number of rotatable bonds is 12. The lowest BCUT2D eigenvalue weighted by atomic mass is 9.98. The lowest BCUT2D eigenvalue weighted by Crippen LogP contribution is -2.57. The molecule has 2 aromatic carbocycles. The Morgan fingerprint density at radius 1 is 0.795 bits per heavy atom. The topological polar surface area (TPSA) is 134 Å². The van der Waals surface area contributed by atoms with E-state index in [4.69, 9.17) is 9.47 Å². The molecule has 0 radical (unpaired) electrons. The Kier molecular flexibility index (Phi) is 12.9. The van der Waals surface area contributed by atoms with Gasteiger partial charge in [0.05, 0.1) is 6.61 Å². The van der Waals surface area contributed by atoms with Gasteiger partial charge in [-0.25, -0.2) is 9.59 Å². The molecular formula is C34H49N3O7. The zero-order valence-corrected chi connectivity index (χ0v) is 27.5. The molecular weight excluding hydrogens is 562 g/mol. The zero-order valence-electron chi connectivity index (χ0n) is 27.5. The van der Waals surface area contributed by atoms with Crippen LogP contribution in [0.5, 0.6) is 0 Å². The number of aliphatic hydroxyl groups excluding tert-OH is 1. The summed E-state index contributed by atoms with van der Waals surface area (Å²) < 4.78 is 10.9. The van der Waals surface area contributed by atoms with Gasteiger partial charge in [-0.05, 0) is 78.5 Å². The van der Waals surface area contributed by atoms with Crippen LogP contribution in [-0.2, 0) is 36.7 Å². The molecule has 10 nitrogen and oxygen atoms in total.